The van der Waals surface area contributed by atoms with Crippen LogP contribution in [-0.4, -0.2) is 4.98 Å². The monoisotopic (exact) mass is 388 g/mol. The molecule has 3 rings (SSSR count). The van der Waals surface area contributed by atoms with E-state index >= 15 is 0 Å². The van der Waals surface area contributed by atoms with E-state index in [-0.39, 0.29) is 17.7 Å². The molecule has 0 spiro atoms. The third-order valence-corrected chi connectivity index (χ3v) is 4.39. The van der Waals surface area contributed by atoms with E-state index < -0.39 is 28.8 Å². The van der Waals surface area contributed by atoms with E-state index in [0.29, 0.717) is 11.6 Å². The Labute approximate surface area is 157 Å². The molecule has 7 heteroatoms. The Balaban J connectivity index is 2.26. The van der Waals surface area contributed by atoms with Crippen molar-refractivity contribution in [1.29, 1.82) is 5.26 Å². The SMILES string of the molecule is N#CC(Cc1ccccc1)(c1cc(F)cc(C(F)(F)F)c1)c1ccc(F)cn1. The zero-order valence-corrected chi connectivity index (χ0v) is 14.3. The lowest BCUT2D eigenvalue weighted by Gasteiger charge is -2.28. The lowest BCUT2D eigenvalue weighted by atomic mass is 9.73. The van der Waals surface area contributed by atoms with E-state index in [0.717, 1.165) is 24.4 Å². The molecule has 0 radical (unpaired) electrons. The van der Waals surface area contributed by atoms with Gasteiger partial charge in [-0.1, -0.05) is 30.3 Å². The summed E-state index contributed by atoms with van der Waals surface area (Å²) in [5, 5.41) is 10.0. The fourth-order valence-corrected chi connectivity index (χ4v) is 3.03. The largest absolute Gasteiger partial charge is 0.416 e. The highest BCUT2D eigenvalue weighted by molar-refractivity contribution is 5.47. The number of hydrogen-bond acceptors (Lipinski definition) is 2. The molecule has 0 saturated carbocycles. The summed E-state index contributed by atoms with van der Waals surface area (Å²) in [4.78, 5) is 3.91. The van der Waals surface area contributed by atoms with Crippen molar-refractivity contribution >= 4 is 0 Å². The summed E-state index contributed by atoms with van der Waals surface area (Å²) >= 11 is 0. The van der Waals surface area contributed by atoms with Crippen LogP contribution in [0.3, 0.4) is 0 Å². The summed E-state index contributed by atoms with van der Waals surface area (Å²) in [5.41, 5.74) is -2.49. The van der Waals surface area contributed by atoms with Gasteiger partial charge in [0.15, 0.2) is 0 Å². The Morgan fingerprint density at radius 1 is 0.857 bits per heavy atom. The number of aromatic nitrogens is 1. The molecular formula is C21H13F5N2. The Kier molecular flexibility index (Phi) is 5.14. The predicted octanol–water partition coefficient (Wildman–Crippen LogP) is 5.43. The zero-order valence-electron chi connectivity index (χ0n) is 14.3. The molecule has 0 amide bonds. The Morgan fingerprint density at radius 3 is 2.11 bits per heavy atom. The van der Waals surface area contributed by atoms with Gasteiger partial charge >= 0.3 is 6.18 Å². The van der Waals surface area contributed by atoms with Crippen molar-refractivity contribution in [1.82, 2.24) is 4.98 Å². The minimum Gasteiger partial charge on any atom is -0.256 e. The maximum absolute atomic E-state index is 14.1. The summed E-state index contributed by atoms with van der Waals surface area (Å²) < 4.78 is 67.0. The van der Waals surface area contributed by atoms with Gasteiger partial charge in [-0.15, -0.1) is 0 Å². The average Bonchev–Trinajstić information content (AvgIpc) is 2.66. The molecule has 0 fully saturated rings. The van der Waals surface area contributed by atoms with Crippen LogP contribution in [0.25, 0.3) is 0 Å². The van der Waals surface area contributed by atoms with Gasteiger partial charge in [-0.25, -0.2) is 8.78 Å². The van der Waals surface area contributed by atoms with Crippen molar-refractivity contribution in [3.05, 3.63) is 101 Å². The first-order valence-corrected chi connectivity index (χ1v) is 8.20. The molecule has 1 aromatic heterocycles. The lowest BCUT2D eigenvalue weighted by molar-refractivity contribution is -0.137. The molecule has 1 heterocycles. The minimum atomic E-state index is -4.79. The summed E-state index contributed by atoms with van der Waals surface area (Å²) in [6.07, 6.45) is -3.98. The van der Waals surface area contributed by atoms with Crippen LogP contribution >= 0.6 is 0 Å². The molecule has 0 aliphatic carbocycles. The summed E-state index contributed by atoms with van der Waals surface area (Å²) in [6.45, 7) is 0. The van der Waals surface area contributed by atoms with Crippen molar-refractivity contribution in [3.63, 3.8) is 0 Å². The van der Waals surface area contributed by atoms with Gasteiger partial charge in [0, 0.05) is 6.42 Å². The molecule has 0 N–H and O–H groups in total. The van der Waals surface area contributed by atoms with Crippen LogP contribution in [0.4, 0.5) is 22.0 Å². The Bertz CT molecular complexity index is 1010. The molecule has 142 valence electrons. The molecule has 1 atom stereocenters. The van der Waals surface area contributed by atoms with Gasteiger partial charge < -0.3 is 0 Å². The molecule has 0 aliphatic rings. The second kappa shape index (κ2) is 7.39. The van der Waals surface area contributed by atoms with Gasteiger partial charge in [0.1, 0.15) is 17.0 Å². The van der Waals surface area contributed by atoms with Crippen LogP contribution in [0.1, 0.15) is 22.4 Å². The number of nitriles is 1. The number of rotatable bonds is 4. The predicted molar refractivity (Wildman–Crippen MR) is 92.1 cm³/mol. The number of alkyl halides is 3. The van der Waals surface area contributed by atoms with Crippen LogP contribution in [0.2, 0.25) is 0 Å². The first-order valence-electron chi connectivity index (χ1n) is 8.20. The lowest BCUT2D eigenvalue weighted by Crippen LogP contribution is -2.30. The van der Waals surface area contributed by atoms with Crippen LogP contribution in [0.15, 0.2) is 66.9 Å². The van der Waals surface area contributed by atoms with Crippen LogP contribution in [0, 0.1) is 23.0 Å². The zero-order chi connectivity index (χ0) is 20.4. The third kappa shape index (κ3) is 3.86. The topological polar surface area (TPSA) is 36.7 Å². The van der Waals surface area contributed by atoms with Crippen LogP contribution < -0.4 is 0 Å². The maximum atomic E-state index is 14.1. The number of benzene rings is 2. The Hall–Kier alpha value is -3.27. The molecule has 0 bridgehead atoms. The number of pyridine rings is 1. The molecule has 28 heavy (non-hydrogen) atoms. The summed E-state index contributed by atoms with van der Waals surface area (Å²) in [7, 11) is 0. The van der Waals surface area contributed by atoms with Gasteiger partial charge in [-0.05, 0) is 41.5 Å². The number of nitrogens with zero attached hydrogens (tertiary/aromatic N) is 2. The smallest absolute Gasteiger partial charge is 0.256 e. The normalized spacial score (nSPS) is 13.6. The Morgan fingerprint density at radius 2 is 1.54 bits per heavy atom. The van der Waals surface area contributed by atoms with Crippen LogP contribution in [-0.2, 0) is 18.0 Å². The van der Waals surface area contributed by atoms with E-state index in [2.05, 4.69) is 4.98 Å². The van der Waals surface area contributed by atoms with Crippen molar-refractivity contribution in [2.24, 2.45) is 0 Å². The molecule has 0 saturated heterocycles. The third-order valence-electron chi connectivity index (χ3n) is 4.39. The highest BCUT2D eigenvalue weighted by Gasteiger charge is 2.40. The first-order chi connectivity index (χ1) is 13.2. The maximum Gasteiger partial charge on any atom is 0.416 e. The molecule has 0 aliphatic heterocycles. The second-order valence-corrected chi connectivity index (χ2v) is 6.27. The van der Waals surface area contributed by atoms with Crippen molar-refractivity contribution < 1.29 is 22.0 Å². The number of hydrogen-bond donors (Lipinski definition) is 0. The van der Waals surface area contributed by atoms with Crippen molar-refractivity contribution in [3.8, 4) is 6.07 Å². The molecule has 3 aromatic rings. The van der Waals surface area contributed by atoms with E-state index in [4.69, 9.17) is 0 Å². The average molecular weight is 388 g/mol. The summed E-state index contributed by atoms with van der Waals surface area (Å²) in [6, 6.07) is 14.8. The molecule has 2 aromatic carbocycles. The quantitative estimate of drug-likeness (QED) is 0.559. The standard InChI is InChI=1S/C21H13F5N2/c22-17-6-7-19(28-12-17)20(13-27,11-14-4-2-1-3-5-14)15-8-16(21(24,25)26)10-18(23)9-15/h1-10,12H,11H2. The first kappa shape index (κ1) is 19.5. The molecule has 1 unspecified atom stereocenters. The fraction of sp³-hybridized carbons (Fsp3) is 0.143. The molecule has 2 nitrogen and oxygen atoms in total. The van der Waals surface area contributed by atoms with E-state index in [1.54, 1.807) is 30.3 Å². The fourth-order valence-electron chi connectivity index (χ4n) is 3.03. The van der Waals surface area contributed by atoms with Crippen LogP contribution in [0.5, 0.6) is 0 Å². The van der Waals surface area contributed by atoms with E-state index in [9.17, 15) is 27.2 Å². The van der Waals surface area contributed by atoms with Crippen molar-refractivity contribution in [2.75, 3.05) is 0 Å². The van der Waals surface area contributed by atoms with Gasteiger partial charge in [-0.2, -0.15) is 18.4 Å². The molecular weight excluding hydrogens is 375 g/mol. The van der Waals surface area contributed by atoms with Gasteiger partial charge in [0.25, 0.3) is 0 Å². The van der Waals surface area contributed by atoms with Gasteiger partial charge in [-0.3, -0.25) is 4.98 Å². The second-order valence-electron chi connectivity index (χ2n) is 6.27. The highest BCUT2D eigenvalue weighted by atomic mass is 19.4. The minimum absolute atomic E-state index is 0.0268. The van der Waals surface area contributed by atoms with E-state index in [1.165, 1.54) is 6.07 Å². The van der Waals surface area contributed by atoms with Gasteiger partial charge in [0.2, 0.25) is 0 Å². The van der Waals surface area contributed by atoms with E-state index in [1.807, 2.05) is 6.07 Å². The summed E-state index contributed by atoms with van der Waals surface area (Å²) in [5.74, 6) is -1.79. The number of halogens is 5. The van der Waals surface area contributed by atoms with Gasteiger partial charge in [0.05, 0.1) is 23.5 Å². The van der Waals surface area contributed by atoms with Crippen molar-refractivity contribution in [2.45, 2.75) is 18.0 Å². The highest BCUT2D eigenvalue weighted by Crippen LogP contribution is 2.38.